The molecular formula is C6H13NOS. The molecule has 0 rings (SSSR count). The largest absolute Gasteiger partial charge is 0.391 e. The van der Waals surface area contributed by atoms with Crippen molar-refractivity contribution >= 4 is 17.2 Å². The van der Waals surface area contributed by atoms with Gasteiger partial charge < -0.3 is 10.5 Å². The molecule has 0 heterocycles. The maximum absolute atomic E-state index is 5.28. The summed E-state index contributed by atoms with van der Waals surface area (Å²) in [5.74, 6) is 0. The quantitative estimate of drug-likeness (QED) is 0.604. The van der Waals surface area contributed by atoms with E-state index in [1.165, 1.54) is 0 Å². The Balaban J connectivity index is 3.27. The summed E-state index contributed by atoms with van der Waals surface area (Å²) in [6.45, 7) is 4.64. The van der Waals surface area contributed by atoms with E-state index in [-0.39, 0.29) is 6.10 Å². The average Bonchev–Trinajstić information content (AvgIpc) is 1.82. The number of thiocarbonyl (C=S) groups is 1. The van der Waals surface area contributed by atoms with Crippen LogP contribution in [0.25, 0.3) is 0 Å². The summed E-state index contributed by atoms with van der Waals surface area (Å²) >= 11 is 4.68. The first kappa shape index (κ1) is 8.85. The summed E-state index contributed by atoms with van der Waals surface area (Å²) in [6, 6.07) is 0. The van der Waals surface area contributed by atoms with E-state index in [9.17, 15) is 0 Å². The molecule has 0 aliphatic heterocycles. The van der Waals surface area contributed by atoms with E-state index in [4.69, 9.17) is 10.5 Å². The monoisotopic (exact) mass is 147 g/mol. The first-order valence-electron chi connectivity index (χ1n) is 3.09. The molecule has 0 aliphatic rings. The number of ether oxygens (including phenoxy) is 1. The third kappa shape index (κ3) is 4.36. The van der Waals surface area contributed by atoms with E-state index in [1.807, 2.05) is 13.8 Å². The summed E-state index contributed by atoms with van der Waals surface area (Å²) in [5, 5.41) is 0. The molecular weight excluding hydrogens is 134 g/mol. The van der Waals surface area contributed by atoms with Crippen LogP contribution in [0.4, 0.5) is 0 Å². The molecule has 9 heavy (non-hydrogen) atoms. The molecule has 0 aromatic rings. The lowest BCUT2D eigenvalue weighted by atomic mass is 10.4. The van der Waals surface area contributed by atoms with Gasteiger partial charge in [-0.15, -0.1) is 0 Å². The second kappa shape index (κ2) is 4.70. The van der Waals surface area contributed by atoms with Crippen LogP contribution in [0.2, 0.25) is 0 Å². The lowest BCUT2D eigenvalue weighted by Crippen LogP contribution is -2.26. The van der Waals surface area contributed by atoms with Crippen LogP contribution in [0, 0.1) is 0 Å². The summed E-state index contributed by atoms with van der Waals surface area (Å²) in [5.41, 5.74) is 5.28. The zero-order valence-electron chi connectivity index (χ0n) is 5.89. The van der Waals surface area contributed by atoms with Gasteiger partial charge in [-0.3, -0.25) is 0 Å². The van der Waals surface area contributed by atoms with Gasteiger partial charge in [0.15, 0.2) is 0 Å². The van der Waals surface area contributed by atoms with Crippen molar-refractivity contribution in [1.29, 1.82) is 0 Å². The van der Waals surface area contributed by atoms with Crippen LogP contribution < -0.4 is 5.73 Å². The minimum absolute atomic E-state index is 0.0695. The van der Waals surface area contributed by atoms with E-state index in [2.05, 4.69) is 12.2 Å². The van der Waals surface area contributed by atoms with Crippen molar-refractivity contribution in [2.75, 3.05) is 6.61 Å². The molecule has 0 radical (unpaired) electrons. The van der Waals surface area contributed by atoms with Gasteiger partial charge in [0.2, 0.25) is 0 Å². The fraction of sp³-hybridized carbons (Fsp3) is 0.833. The Hall–Kier alpha value is -0.150. The maximum atomic E-state index is 5.28. The Kier molecular flexibility index (Phi) is 4.62. The third-order valence-corrected chi connectivity index (χ3v) is 1.30. The number of rotatable bonds is 4. The molecule has 0 amide bonds. The fourth-order valence-corrected chi connectivity index (χ4v) is 0.445. The summed E-state index contributed by atoms with van der Waals surface area (Å²) < 4.78 is 5.19. The summed E-state index contributed by atoms with van der Waals surface area (Å²) in [6.07, 6.45) is 0.937. The van der Waals surface area contributed by atoms with Crippen molar-refractivity contribution in [3.8, 4) is 0 Å². The number of hydrogen-bond acceptors (Lipinski definition) is 2. The number of hydrogen-bond donors (Lipinski definition) is 1. The SMILES string of the molecule is CCCOC(C)C(N)=S. The predicted octanol–water partition coefficient (Wildman–Crippen LogP) is 1.09. The van der Waals surface area contributed by atoms with Crippen molar-refractivity contribution < 1.29 is 4.74 Å². The van der Waals surface area contributed by atoms with Crippen molar-refractivity contribution in [3.63, 3.8) is 0 Å². The molecule has 0 saturated carbocycles. The second-order valence-corrected chi connectivity index (χ2v) is 2.39. The molecule has 0 aliphatic carbocycles. The van der Waals surface area contributed by atoms with Crippen LogP contribution in [0.3, 0.4) is 0 Å². The van der Waals surface area contributed by atoms with Gasteiger partial charge in [0.25, 0.3) is 0 Å². The molecule has 0 saturated heterocycles. The zero-order valence-corrected chi connectivity index (χ0v) is 6.70. The van der Waals surface area contributed by atoms with Crippen molar-refractivity contribution in [2.24, 2.45) is 5.73 Å². The van der Waals surface area contributed by atoms with E-state index < -0.39 is 0 Å². The van der Waals surface area contributed by atoms with E-state index in [0.29, 0.717) is 4.99 Å². The molecule has 54 valence electrons. The molecule has 2 N–H and O–H groups in total. The van der Waals surface area contributed by atoms with Crippen LogP contribution in [-0.4, -0.2) is 17.7 Å². The molecule has 1 unspecified atom stereocenters. The van der Waals surface area contributed by atoms with Crippen LogP contribution in [0.1, 0.15) is 20.3 Å². The minimum atomic E-state index is -0.0695. The zero-order chi connectivity index (χ0) is 7.28. The Labute approximate surface area is 61.4 Å². The van der Waals surface area contributed by atoms with Crippen molar-refractivity contribution in [1.82, 2.24) is 0 Å². The third-order valence-electron chi connectivity index (χ3n) is 0.973. The van der Waals surface area contributed by atoms with Gasteiger partial charge in [-0.25, -0.2) is 0 Å². The highest BCUT2D eigenvalue weighted by molar-refractivity contribution is 7.80. The van der Waals surface area contributed by atoms with Gasteiger partial charge in [0.05, 0.1) is 0 Å². The highest BCUT2D eigenvalue weighted by Crippen LogP contribution is 1.91. The maximum Gasteiger partial charge on any atom is 0.104 e. The van der Waals surface area contributed by atoms with Gasteiger partial charge in [0, 0.05) is 6.61 Å². The summed E-state index contributed by atoms with van der Waals surface area (Å²) in [7, 11) is 0. The molecule has 0 bridgehead atoms. The van der Waals surface area contributed by atoms with Gasteiger partial charge in [-0.2, -0.15) is 0 Å². The van der Waals surface area contributed by atoms with Crippen LogP contribution in [-0.2, 0) is 4.74 Å². The van der Waals surface area contributed by atoms with Crippen molar-refractivity contribution in [3.05, 3.63) is 0 Å². The highest BCUT2D eigenvalue weighted by atomic mass is 32.1. The first-order chi connectivity index (χ1) is 4.18. The molecule has 3 heteroatoms. The van der Waals surface area contributed by atoms with Crippen molar-refractivity contribution in [2.45, 2.75) is 26.4 Å². The molecule has 1 atom stereocenters. The van der Waals surface area contributed by atoms with Gasteiger partial charge in [-0.05, 0) is 13.3 Å². The second-order valence-electron chi connectivity index (χ2n) is 1.92. The lowest BCUT2D eigenvalue weighted by Gasteiger charge is -2.08. The van der Waals surface area contributed by atoms with Crippen LogP contribution in [0.15, 0.2) is 0 Å². The average molecular weight is 147 g/mol. The lowest BCUT2D eigenvalue weighted by molar-refractivity contribution is 0.111. The minimum Gasteiger partial charge on any atom is -0.391 e. The molecule has 2 nitrogen and oxygen atoms in total. The fourth-order valence-electron chi connectivity index (χ4n) is 0.377. The standard InChI is InChI=1S/C6H13NOS/c1-3-4-8-5(2)6(7)9/h5H,3-4H2,1-2H3,(H2,7,9). The summed E-state index contributed by atoms with van der Waals surface area (Å²) in [4.78, 5) is 0.434. The molecule has 0 fully saturated rings. The predicted molar refractivity (Wildman–Crippen MR) is 42.5 cm³/mol. The molecule has 0 aromatic carbocycles. The van der Waals surface area contributed by atoms with E-state index >= 15 is 0 Å². The Morgan fingerprint density at radius 3 is 2.67 bits per heavy atom. The number of nitrogens with two attached hydrogens (primary N) is 1. The van der Waals surface area contributed by atoms with Crippen LogP contribution >= 0.6 is 12.2 Å². The first-order valence-corrected chi connectivity index (χ1v) is 3.50. The topological polar surface area (TPSA) is 35.2 Å². The van der Waals surface area contributed by atoms with Gasteiger partial charge in [0.1, 0.15) is 11.1 Å². The Morgan fingerprint density at radius 2 is 2.33 bits per heavy atom. The Bertz CT molecular complexity index is 95.1. The van der Waals surface area contributed by atoms with E-state index in [0.717, 1.165) is 13.0 Å². The van der Waals surface area contributed by atoms with Gasteiger partial charge in [-0.1, -0.05) is 19.1 Å². The smallest absolute Gasteiger partial charge is 0.104 e. The van der Waals surface area contributed by atoms with Crippen LogP contribution in [0.5, 0.6) is 0 Å². The molecule has 0 spiro atoms. The highest BCUT2D eigenvalue weighted by Gasteiger charge is 2.01. The normalized spacial score (nSPS) is 13.1. The Morgan fingerprint density at radius 1 is 1.78 bits per heavy atom. The molecule has 0 aromatic heterocycles. The van der Waals surface area contributed by atoms with Gasteiger partial charge >= 0.3 is 0 Å². The van der Waals surface area contributed by atoms with E-state index in [1.54, 1.807) is 0 Å².